The number of likely N-dealkylation sites (tertiary alicyclic amines) is 2. The monoisotopic (exact) mass is 600 g/mol. The fourth-order valence-electron chi connectivity index (χ4n) is 6.04. The SMILES string of the molecule is CCCC(C)C(=O)N1CCC[C@H]1C(=O)Nc1ccc(C=Cc2ccc(NC(=O)[C@@H]3CCCN3C(=O)CC(C)CC)cc2)cc1. The van der Waals surface area contributed by atoms with Crippen LogP contribution >= 0.6 is 0 Å². The lowest BCUT2D eigenvalue weighted by Gasteiger charge is -2.26. The minimum atomic E-state index is -0.414. The first-order valence-corrected chi connectivity index (χ1v) is 16.3. The molecule has 2 heterocycles. The quantitative estimate of drug-likeness (QED) is 0.269. The summed E-state index contributed by atoms with van der Waals surface area (Å²) in [5, 5.41) is 5.97. The molecule has 4 amide bonds. The zero-order chi connectivity index (χ0) is 31.6. The predicted molar refractivity (Wildman–Crippen MR) is 177 cm³/mol. The van der Waals surface area contributed by atoms with Gasteiger partial charge in [0.25, 0.3) is 0 Å². The minimum Gasteiger partial charge on any atom is -0.331 e. The van der Waals surface area contributed by atoms with E-state index in [-0.39, 0.29) is 29.5 Å². The normalized spacial score (nSPS) is 19.6. The van der Waals surface area contributed by atoms with Crippen LogP contribution < -0.4 is 10.6 Å². The van der Waals surface area contributed by atoms with Crippen LogP contribution in [0.2, 0.25) is 0 Å². The molecule has 2 aromatic rings. The lowest BCUT2D eigenvalue weighted by atomic mass is 10.0. The van der Waals surface area contributed by atoms with E-state index in [1.807, 2.05) is 67.6 Å². The van der Waals surface area contributed by atoms with E-state index in [0.29, 0.717) is 49.6 Å². The minimum absolute atomic E-state index is 0.0616. The highest BCUT2D eigenvalue weighted by molar-refractivity contribution is 5.98. The van der Waals surface area contributed by atoms with Gasteiger partial charge >= 0.3 is 0 Å². The van der Waals surface area contributed by atoms with Crippen LogP contribution in [0.3, 0.4) is 0 Å². The molecule has 4 rings (SSSR count). The molecule has 2 N–H and O–H groups in total. The van der Waals surface area contributed by atoms with E-state index < -0.39 is 12.1 Å². The summed E-state index contributed by atoms with van der Waals surface area (Å²) in [7, 11) is 0. The number of hydrogen-bond donors (Lipinski definition) is 2. The summed E-state index contributed by atoms with van der Waals surface area (Å²) in [4.78, 5) is 55.0. The summed E-state index contributed by atoms with van der Waals surface area (Å²) in [6.07, 6.45) is 10.3. The number of anilines is 2. The highest BCUT2D eigenvalue weighted by Gasteiger charge is 2.36. The number of benzene rings is 2. The van der Waals surface area contributed by atoms with Crippen LogP contribution in [0.4, 0.5) is 11.4 Å². The van der Waals surface area contributed by atoms with Gasteiger partial charge < -0.3 is 20.4 Å². The fraction of sp³-hybridized carbons (Fsp3) is 0.500. The van der Waals surface area contributed by atoms with Crippen molar-refractivity contribution in [2.24, 2.45) is 11.8 Å². The van der Waals surface area contributed by atoms with Crippen molar-refractivity contribution < 1.29 is 19.2 Å². The second-order valence-electron chi connectivity index (χ2n) is 12.4. The van der Waals surface area contributed by atoms with Crippen molar-refractivity contribution in [2.75, 3.05) is 23.7 Å². The molecule has 4 atom stereocenters. The van der Waals surface area contributed by atoms with Crippen molar-refractivity contribution in [3.8, 4) is 0 Å². The van der Waals surface area contributed by atoms with Gasteiger partial charge in [-0.2, -0.15) is 0 Å². The van der Waals surface area contributed by atoms with Crippen molar-refractivity contribution >= 4 is 47.2 Å². The second-order valence-corrected chi connectivity index (χ2v) is 12.4. The number of amides is 4. The number of nitrogens with one attached hydrogen (secondary N) is 2. The number of carbonyl (C=O) groups excluding carboxylic acids is 4. The second kappa shape index (κ2) is 15.7. The largest absolute Gasteiger partial charge is 0.331 e. The molecule has 44 heavy (non-hydrogen) atoms. The lowest BCUT2D eigenvalue weighted by molar-refractivity contribution is -0.139. The Kier molecular flexibility index (Phi) is 11.8. The third kappa shape index (κ3) is 8.58. The molecule has 0 saturated carbocycles. The van der Waals surface area contributed by atoms with Gasteiger partial charge in [0.2, 0.25) is 23.6 Å². The standard InChI is InChI=1S/C36H48N4O4/c1-5-9-26(4)36(44)40-23-8-11-32(40)35(43)38-30-20-16-28(17-21-30)13-12-27-14-18-29(19-15-27)37-34(42)31-10-7-22-39(31)33(41)24-25(3)6-2/h12-21,25-26,31-32H,5-11,22-24H2,1-4H3,(H,37,42)(H,38,43)/t25?,26?,31-,32-/m0/s1. The molecule has 236 valence electrons. The summed E-state index contributed by atoms with van der Waals surface area (Å²) < 4.78 is 0. The van der Waals surface area contributed by atoms with Crippen LogP contribution in [-0.4, -0.2) is 58.6 Å². The molecule has 8 nitrogen and oxygen atoms in total. The first kappa shape index (κ1) is 33.0. The molecule has 0 aliphatic carbocycles. The van der Waals surface area contributed by atoms with Crippen molar-refractivity contribution in [3.05, 3.63) is 59.7 Å². The molecule has 0 radical (unpaired) electrons. The van der Waals surface area contributed by atoms with Crippen LogP contribution in [0.1, 0.15) is 90.2 Å². The highest BCUT2D eigenvalue weighted by Crippen LogP contribution is 2.25. The number of carbonyl (C=O) groups is 4. The molecule has 2 fully saturated rings. The van der Waals surface area contributed by atoms with Gasteiger partial charge in [-0.1, -0.05) is 77.0 Å². The van der Waals surface area contributed by atoms with Gasteiger partial charge in [0.05, 0.1) is 0 Å². The van der Waals surface area contributed by atoms with Gasteiger partial charge in [-0.25, -0.2) is 0 Å². The highest BCUT2D eigenvalue weighted by atomic mass is 16.2. The number of rotatable bonds is 12. The van der Waals surface area contributed by atoms with Crippen molar-refractivity contribution in [1.29, 1.82) is 0 Å². The Morgan fingerprint density at radius 1 is 0.773 bits per heavy atom. The van der Waals surface area contributed by atoms with Gasteiger partial charge in [0.15, 0.2) is 0 Å². The maximum atomic E-state index is 13.0. The van der Waals surface area contributed by atoms with Crippen LogP contribution in [0.5, 0.6) is 0 Å². The first-order chi connectivity index (χ1) is 21.2. The summed E-state index contributed by atoms with van der Waals surface area (Å²) >= 11 is 0. The maximum absolute atomic E-state index is 13.0. The topological polar surface area (TPSA) is 98.8 Å². The van der Waals surface area contributed by atoms with Gasteiger partial charge in [0, 0.05) is 36.8 Å². The Bertz CT molecular complexity index is 1320. The Labute approximate surface area is 262 Å². The maximum Gasteiger partial charge on any atom is 0.247 e. The number of hydrogen-bond acceptors (Lipinski definition) is 4. The van der Waals surface area contributed by atoms with Crippen molar-refractivity contribution in [1.82, 2.24) is 9.80 Å². The van der Waals surface area contributed by atoms with Gasteiger partial charge in [-0.15, -0.1) is 0 Å². The Balaban J connectivity index is 1.28. The summed E-state index contributed by atoms with van der Waals surface area (Å²) in [6, 6.07) is 14.4. The molecule has 0 aromatic heterocycles. The Morgan fingerprint density at radius 2 is 1.25 bits per heavy atom. The van der Waals surface area contributed by atoms with Crippen LogP contribution in [0.25, 0.3) is 12.2 Å². The molecular weight excluding hydrogens is 552 g/mol. The summed E-state index contributed by atoms with van der Waals surface area (Å²) in [5.41, 5.74) is 3.37. The van der Waals surface area contributed by atoms with E-state index in [9.17, 15) is 19.2 Å². The smallest absolute Gasteiger partial charge is 0.247 e. The van der Waals surface area contributed by atoms with E-state index in [0.717, 1.165) is 43.2 Å². The summed E-state index contributed by atoms with van der Waals surface area (Å²) in [5.74, 6) is 0.133. The zero-order valence-corrected chi connectivity index (χ0v) is 26.7. The van der Waals surface area contributed by atoms with Gasteiger partial charge in [-0.05, 0) is 73.4 Å². The molecule has 0 spiro atoms. The molecule has 2 aliphatic heterocycles. The lowest BCUT2D eigenvalue weighted by Crippen LogP contribution is -2.45. The van der Waals surface area contributed by atoms with E-state index in [1.54, 1.807) is 9.80 Å². The van der Waals surface area contributed by atoms with Crippen LogP contribution in [0.15, 0.2) is 48.5 Å². The molecule has 0 bridgehead atoms. The van der Waals surface area contributed by atoms with Crippen molar-refractivity contribution in [2.45, 2.75) is 91.1 Å². The molecule has 2 saturated heterocycles. The van der Waals surface area contributed by atoms with Gasteiger partial charge in [0.1, 0.15) is 12.1 Å². The Hall–Kier alpha value is -3.94. The number of nitrogens with zero attached hydrogens (tertiary/aromatic N) is 2. The fourth-order valence-corrected chi connectivity index (χ4v) is 6.04. The predicted octanol–water partition coefficient (Wildman–Crippen LogP) is 6.59. The Morgan fingerprint density at radius 3 is 1.73 bits per heavy atom. The van der Waals surface area contributed by atoms with Gasteiger partial charge in [-0.3, -0.25) is 19.2 Å². The van der Waals surface area contributed by atoms with Crippen LogP contribution in [-0.2, 0) is 19.2 Å². The van der Waals surface area contributed by atoms with E-state index in [4.69, 9.17) is 0 Å². The van der Waals surface area contributed by atoms with E-state index >= 15 is 0 Å². The molecular formula is C36H48N4O4. The molecule has 8 heteroatoms. The average Bonchev–Trinajstić information content (AvgIpc) is 3.72. The summed E-state index contributed by atoms with van der Waals surface area (Å²) in [6.45, 7) is 9.44. The third-order valence-corrected chi connectivity index (χ3v) is 8.90. The average molecular weight is 601 g/mol. The van der Waals surface area contributed by atoms with E-state index in [2.05, 4.69) is 31.4 Å². The molecule has 2 aromatic carbocycles. The molecule has 2 aliphatic rings. The third-order valence-electron chi connectivity index (χ3n) is 8.90. The van der Waals surface area contributed by atoms with Crippen LogP contribution in [0, 0.1) is 11.8 Å². The molecule has 2 unspecified atom stereocenters. The first-order valence-electron chi connectivity index (χ1n) is 16.3. The van der Waals surface area contributed by atoms with Crippen molar-refractivity contribution in [3.63, 3.8) is 0 Å². The van der Waals surface area contributed by atoms with E-state index in [1.165, 1.54) is 0 Å². The zero-order valence-electron chi connectivity index (χ0n) is 26.7.